The zero-order valence-corrected chi connectivity index (χ0v) is 10.9. The molecular formula is C14H21NO2. The highest BCUT2D eigenvalue weighted by Crippen LogP contribution is 2.30. The first kappa shape index (κ1) is 13.9. The Hall–Kier alpha value is -1.19. The molecule has 0 saturated heterocycles. The van der Waals surface area contributed by atoms with Crippen LogP contribution in [0.2, 0.25) is 0 Å². The van der Waals surface area contributed by atoms with Crippen molar-refractivity contribution in [1.82, 2.24) is 0 Å². The molecule has 1 atom stereocenters. The molecule has 1 aromatic carbocycles. The van der Waals surface area contributed by atoms with Gasteiger partial charge in [0.05, 0.1) is 5.92 Å². The van der Waals surface area contributed by atoms with Gasteiger partial charge in [-0.1, -0.05) is 30.3 Å². The van der Waals surface area contributed by atoms with Gasteiger partial charge in [0.1, 0.15) is 5.60 Å². The molecule has 0 saturated carbocycles. The van der Waals surface area contributed by atoms with Crippen LogP contribution in [0, 0.1) is 0 Å². The Labute approximate surface area is 103 Å². The maximum absolute atomic E-state index is 12.3. The summed E-state index contributed by atoms with van der Waals surface area (Å²) < 4.78 is 0. The molecule has 3 nitrogen and oxygen atoms in total. The third kappa shape index (κ3) is 3.38. The Morgan fingerprint density at radius 3 is 2.00 bits per heavy atom. The summed E-state index contributed by atoms with van der Waals surface area (Å²) in [4.78, 5) is 12.3. The zero-order chi connectivity index (χ0) is 13.3. The fourth-order valence-corrected chi connectivity index (χ4v) is 1.92. The first-order valence-corrected chi connectivity index (χ1v) is 5.74. The molecule has 0 unspecified atom stereocenters. The maximum atomic E-state index is 12.3. The highest BCUT2D eigenvalue weighted by atomic mass is 16.3. The average molecular weight is 235 g/mol. The van der Waals surface area contributed by atoms with Gasteiger partial charge in [-0.25, -0.2) is 0 Å². The van der Waals surface area contributed by atoms with Crippen LogP contribution in [0.25, 0.3) is 0 Å². The van der Waals surface area contributed by atoms with E-state index in [9.17, 15) is 9.90 Å². The van der Waals surface area contributed by atoms with Crippen LogP contribution in [0.5, 0.6) is 0 Å². The highest BCUT2D eigenvalue weighted by Gasteiger charge is 2.39. The fraction of sp³-hybridized carbons (Fsp3) is 0.500. The van der Waals surface area contributed by atoms with Crippen LogP contribution in [-0.2, 0) is 4.79 Å². The number of Topliss-reactive ketones (excluding diaryl/α,β-unsaturated/α-hetero) is 1. The zero-order valence-electron chi connectivity index (χ0n) is 10.9. The Morgan fingerprint density at radius 2 is 1.65 bits per heavy atom. The molecule has 3 N–H and O–H groups in total. The summed E-state index contributed by atoms with van der Waals surface area (Å²) in [6.45, 7) is 6.59. The Kier molecular flexibility index (Phi) is 3.74. The maximum Gasteiger partial charge on any atom is 0.172 e. The number of nitrogens with two attached hydrogens (primary N) is 1. The number of aliphatic hydroxyl groups is 1. The van der Waals surface area contributed by atoms with Crippen molar-refractivity contribution in [2.24, 2.45) is 5.73 Å². The molecule has 0 heterocycles. The van der Waals surface area contributed by atoms with Gasteiger partial charge in [-0.3, -0.25) is 4.79 Å². The van der Waals surface area contributed by atoms with Crippen molar-refractivity contribution in [3.8, 4) is 0 Å². The van der Waals surface area contributed by atoms with Gasteiger partial charge in [-0.05, 0) is 33.3 Å². The summed E-state index contributed by atoms with van der Waals surface area (Å²) in [6.07, 6.45) is 0. The van der Waals surface area contributed by atoms with Crippen molar-refractivity contribution >= 4 is 5.78 Å². The Balaban J connectivity index is 3.20. The monoisotopic (exact) mass is 235 g/mol. The molecule has 0 radical (unpaired) electrons. The van der Waals surface area contributed by atoms with Gasteiger partial charge in [0.15, 0.2) is 5.78 Å². The lowest BCUT2D eigenvalue weighted by Crippen LogP contribution is -2.49. The molecular weight excluding hydrogens is 214 g/mol. The van der Waals surface area contributed by atoms with E-state index in [4.69, 9.17) is 5.73 Å². The molecule has 0 aliphatic heterocycles. The summed E-state index contributed by atoms with van der Waals surface area (Å²) in [6, 6.07) is 9.35. The second-order valence-electron chi connectivity index (χ2n) is 5.59. The van der Waals surface area contributed by atoms with Gasteiger partial charge in [-0.2, -0.15) is 0 Å². The van der Waals surface area contributed by atoms with Crippen LogP contribution >= 0.6 is 0 Å². The van der Waals surface area contributed by atoms with Gasteiger partial charge >= 0.3 is 0 Å². The van der Waals surface area contributed by atoms with Gasteiger partial charge in [0, 0.05) is 5.54 Å². The molecule has 0 amide bonds. The molecule has 0 aliphatic carbocycles. The van der Waals surface area contributed by atoms with E-state index in [1.807, 2.05) is 30.3 Å². The highest BCUT2D eigenvalue weighted by molar-refractivity contribution is 5.93. The quantitative estimate of drug-likeness (QED) is 0.837. The van der Waals surface area contributed by atoms with E-state index in [0.717, 1.165) is 5.56 Å². The number of carbonyl (C=O) groups excluding carboxylic acids is 1. The van der Waals surface area contributed by atoms with Crippen LogP contribution in [0.1, 0.15) is 39.2 Å². The number of benzene rings is 1. The lowest BCUT2D eigenvalue weighted by atomic mass is 9.75. The molecule has 0 aliphatic rings. The van der Waals surface area contributed by atoms with Gasteiger partial charge < -0.3 is 10.8 Å². The van der Waals surface area contributed by atoms with Crippen LogP contribution in [-0.4, -0.2) is 22.0 Å². The van der Waals surface area contributed by atoms with Gasteiger partial charge in [0.2, 0.25) is 0 Å². The molecule has 17 heavy (non-hydrogen) atoms. The van der Waals surface area contributed by atoms with Crippen molar-refractivity contribution < 1.29 is 9.90 Å². The lowest BCUT2D eigenvalue weighted by molar-refractivity contribution is -0.137. The molecule has 0 spiro atoms. The summed E-state index contributed by atoms with van der Waals surface area (Å²) >= 11 is 0. The first-order valence-electron chi connectivity index (χ1n) is 5.74. The number of ketones is 1. The van der Waals surface area contributed by atoms with Crippen molar-refractivity contribution in [2.75, 3.05) is 0 Å². The van der Waals surface area contributed by atoms with Gasteiger partial charge in [-0.15, -0.1) is 0 Å². The predicted octanol–water partition coefficient (Wildman–Crippen LogP) is 1.85. The SMILES string of the molecule is CC(C)(O)C(=O)[C@H](c1ccccc1)C(C)(C)N. The minimum absolute atomic E-state index is 0.254. The van der Waals surface area contributed by atoms with E-state index in [1.165, 1.54) is 13.8 Å². The van der Waals surface area contributed by atoms with Crippen LogP contribution in [0.4, 0.5) is 0 Å². The predicted molar refractivity (Wildman–Crippen MR) is 68.8 cm³/mol. The molecule has 3 heteroatoms. The van der Waals surface area contributed by atoms with E-state index in [2.05, 4.69) is 0 Å². The minimum atomic E-state index is -1.38. The number of hydrogen-bond acceptors (Lipinski definition) is 3. The Bertz CT molecular complexity index is 385. The van der Waals surface area contributed by atoms with Crippen LogP contribution in [0.15, 0.2) is 30.3 Å². The average Bonchev–Trinajstić information content (AvgIpc) is 2.15. The van der Waals surface area contributed by atoms with Crippen molar-refractivity contribution in [3.05, 3.63) is 35.9 Å². The van der Waals surface area contributed by atoms with E-state index in [1.54, 1.807) is 13.8 Å². The third-order valence-electron chi connectivity index (χ3n) is 2.74. The van der Waals surface area contributed by atoms with Gasteiger partial charge in [0.25, 0.3) is 0 Å². The largest absolute Gasteiger partial charge is 0.383 e. The number of rotatable bonds is 4. The molecule has 0 bridgehead atoms. The standard InChI is InChI=1S/C14H21NO2/c1-13(2,15)11(12(16)14(3,4)17)10-8-6-5-7-9-10/h5-9,11,17H,15H2,1-4H3/t11-/m0/s1. The van der Waals surface area contributed by atoms with Crippen LogP contribution in [0.3, 0.4) is 0 Å². The smallest absolute Gasteiger partial charge is 0.172 e. The van der Waals surface area contributed by atoms with E-state index < -0.39 is 17.1 Å². The van der Waals surface area contributed by atoms with E-state index in [0.29, 0.717) is 0 Å². The van der Waals surface area contributed by atoms with Crippen molar-refractivity contribution in [2.45, 2.75) is 44.8 Å². The topological polar surface area (TPSA) is 63.3 Å². The second-order valence-corrected chi connectivity index (χ2v) is 5.59. The number of hydrogen-bond donors (Lipinski definition) is 2. The summed E-state index contributed by atoms with van der Waals surface area (Å²) in [5.74, 6) is -0.764. The number of carbonyl (C=O) groups is 1. The Morgan fingerprint density at radius 1 is 1.18 bits per heavy atom. The molecule has 1 aromatic rings. The molecule has 0 aromatic heterocycles. The van der Waals surface area contributed by atoms with Crippen LogP contribution < -0.4 is 5.73 Å². The first-order chi connectivity index (χ1) is 7.64. The summed E-state index contributed by atoms with van der Waals surface area (Å²) in [5.41, 5.74) is 4.83. The minimum Gasteiger partial charge on any atom is -0.383 e. The lowest BCUT2D eigenvalue weighted by Gasteiger charge is -2.33. The van der Waals surface area contributed by atoms with Crippen molar-refractivity contribution in [3.63, 3.8) is 0 Å². The third-order valence-corrected chi connectivity index (χ3v) is 2.74. The van der Waals surface area contributed by atoms with Crippen molar-refractivity contribution in [1.29, 1.82) is 0 Å². The fourth-order valence-electron chi connectivity index (χ4n) is 1.92. The molecule has 0 fully saturated rings. The van der Waals surface area contributed by atoms with E-state index in [-0.39, 0.29) is 5.78 Å². The summed E-state index contributed by atoms with van der Waals surface area (Å²) in [7, 11) is 0. The normalized spacial score (nSPS) is 14.5. The van der Waals surface area contributed by atoms with E-state index >= 15 is 0 Å². The molecule has 94 valence electrons. The summed E-state index contributed by atoms with van der Waals surface area (Å²) in [5, 5.41) is 9.88. The molecule has 1 rings (SSSR count). The second kappa shape index (κ2) is 4.59.